The molecule has 0 saturated heterocycles. The maximum atomic E-state index is 2.41. The molecule has 0 saturated carbocycles. The molecule has 1 aliphatic heterocycles. The molecule has 4 aromatic carbocycles. The molecule has 0 aliphatic carbocycles. The number of hydrogen-bond donors (Lipinski definition) is 0. The van der Waals surface area contributed by atoms with Gasteiger partial charge >= 0.3 is 167 Å². The van der Waals surface area contributed by atoms with Crippen LogP contribution in [0.25, 0.3) is 33.4 Å². The topological polar surface area (TPSA) is 0 Å². The van der Waals surface area contributed by atoms with Crippen LogP contribution in [0, 0.1) is 0 Å². The van der Waals surface area contributed by atoms with Crippen molar-refractivity contribution in [1.29, 1.82) is 0 Å². The van der Waals surface area contributed by atoms with E-state index in [4.69, 9.17) is 0 Å². The molecular weight excluding hydrogens is 391 g/mol. The molecule has 0 spiro atoms. The van der Waals surface area contributed by atoms with Crippen molar-refractivity contribution in [2.45, 2.75) is 10.6 Å². The van der Waals surface area contributed by atoms with Gasteiger partial charge in [-0.1, -0.05) is 0 Å². The van der Waals surface area contributed by atoms with E-state index in [-0.39, 0.29) is 0 Å². The fraction of sp³-hybridized carbons (Fsp3) is 0.0769. The molecule has 27 heavy (non-hydrogen) atoms. The Morgan fingerprint density at radius 1 is 0.444 bits per heavy atom. The monoisotopic (exact) mass is 412 g/mol. The maximum absolute atomic E-state index is 2.41. The van der Waals surface area contributed by atoms with E-state index >= 15 is 0 Å². The molecule has 5 rings (SSSR count). The van der Waals surface area contributed by atoms with Crippen molar-refractivity contribution < 1.29 is 0 Å². The van der Waals surface area contributed by atoms with Crippen LogP contribution in [0.3, 0.4) is 0 Å². The van der Waals surface area contributed by atoms with Crippen molar-refractivity contribution in [3.05, 3.63) is 108 Å². The third-order valence-electron chi connectivity index (χ3n) is 5.23. The van der Waals surface area contributed by atoms with Crippen LogP contribution in [0.2, 0.25) is 0 Å². The molecule has 4 aromatic rings. The normalized spacial score (nSPS) is 12.7. The molecular formula is C26H20Se. The first-order valence-electron chi connectivity index (χ1n) is 9.33. The molecule has 0 fully saturated rings. The van der Waals surface area contributed by atoms with E-state index in [0.717, 1.165) is 0 Å². The van der Waals surface area contributed by atoms with Crippen molar-refractivity contribution in [3.8, 4) is 33.4 Å². The van der Waals surface area contributed by atoms with Crippen LogP contribution in [-0.4, -0.2) is 15.0 Å². The molecule has 0 unspecified atom stereocenters. The first-order valence-corrected chi connectivity index (χ1v) is 11.8. The first kappa shape index (κ1) is 16.6. The second kappa shape index (κ2) is 7.19. The van der Waals surface area contributed by atoms with Crippen molar-refractivity contribution in [2.75, 3.05) is 0 Å². The summed E-state index contributed by atoms with van der Waals surface area (Å²) in [4.78, 5) is 0. The summed E-state index contributed by atoms with van der Waals surface area (Å²) in [5, 5.41) is 2.41. The van der Waals surface area contributed by atoms with E-state index in [1.165, 1.54) is 55.1 Å². The van der Waals surface area contributed by atoms with Crippen molar-refractivity contribution in [1.82, 2.24) is 0 Å². The van der Waals surface area contributed by atoms with Crippen LogP contribution in [0.4, 0.5) is 0 Å². The van der Waals surface area contributed by atoms with E-state index in [2.05, 4.69) is 97.1 Å². The van der Waals surface area contributed by atoms with Crippen molar-refractivity contribution >= 4 is 15.0 Å². The fourth-order valence-corrected chi connectivity index (χ4v) is 5.98. The second-order valence-corrected chi connectivity index (χ2v) is 9.04. The van der Waals surface area contributed by atoms with Crippen LogP contribution < -0.4 is 0 Å². The summed E-state index contributed by atoms with van der Waals surface area (Å²) >= 11 is 0.602. The van der Waals surface area contributed by atoms with Gasteiger partial charge in [0.05, 0.1) is 0 Å². The quantitative estimate of drug-likeness (QED) is 0.335. The Kier molecular flexibility index (Phi) is 4.41. The van der Waals surface area contributed by atoms with E-state index in [9.17, 15) is 0 Å². The van der Waals surface area contributed by atoms with E-state index < -0.39 is 0 Å². The number of benzene rings is 4. The summed E-state index contributed by atoms with van der Waals surface area (Å²) in [6.45, 7) is 0. The molecule has 0 aromatic heterocycles. The third-order valence-corrected chi connectivity index (χ3v) is 7.39. The van der Waals surface area contributed by atoms with Gasteiger partial charge in [-0.25, -0.2) is 0 Å². The molecule has 0 radical (unpaired) electrons. The number of hydrogen-bond acceptors (Lipinski definition) is 0. The average molecular weight is 411 g/mol. The summed E-state index contributed by atoms with van der Waals surface area (Å²) in [5.74, 6) is 0. The Morgan fingerprint density at radius 3 is 1.33 bits per heavy atom. The summed E-state index contributed by atoms with van der Waals surface area (Å²) in [5.41, 5.74) is 11.1. The van der Waals surface area contributed by atoms with E-state index in [1.54, 1.807) is 0 Å². The first-order chi connectivity index (χ1) is 13.4. The summed E-state index contributed by atoms with van der Waals surface area (Å²) < 4.78 is 0. The number of rotatable bonds is 2. The predicted molar refractivity (Wildman–Crippen MR) is 116 cm³/mol. The van der Waals surface area contributed by atoms with E-state index in [1.807, 2.05) is 0 Å². The minimum atomic E-state index is 0.602. The van der Waals surface area contributed by atoms with Crippen molar-refractivity contribution in [2.24, 2.45) is 0 Å². The fourth-order valence-electron chi connectivity index (χ4n) is 3.84. The molecule has 0 atom stereocenters. The van der Waals surface area contributed by atoms with Gasteiger partial charge in [0.25, 0.3) is 0 Å². The van der Waals surface area contributed by atoms with Crippen LogP contribution >= 0.6 is 0 Å². The molecule has 1 aliphatic rings. The van der Waals surface area contributed by atoms with Gasteiger partial charge in [-0.2, -0.15) is 0 Å². The SMILES string of the molecule is c1ccc(-c2ccc3c(c2)C[Se]Cc2cc(-c4ccccc4)ccc2-3)cc1. The van der Waals surface area contributed by atoms with E-state index in [0.29, 0.717) is 15.0 Å². The zero-order chi connectivity index (χ0) is 18.1. The second-order valence-electron chi connectivity index (χ2n) is 6.97. The van der Waals surface area contributed by atoms with Gasteiger partial charge < -0.3 is 0 Å². The average Bonchev–Trinajstić information content (AvgIpc) is 2.93. The van der Waals surface area contributed by atoms with Gasteiger partial charge in [-0.05, 0) is 0 Å². The Morgan fingerprint density at radius 2 is 0.889 bits per heavy atom. The summed E-state index contributed by atoms with van der Waals surface area (Å²) in [6.07, 6.45) is 0. The Hall–Kier alpha value is -2.60. The molecule has 0 N–H and O–H groups in total. The molecule has 1 heteroatoms. The number of fused-ring (bicyclic) bond motifs is 3. The van der Waals surface area contributed by atoms with Gasteiger partial charge in [0.2, 0.25) is 0 Å². The Bertz CT molecular complexity index is 993. The zero-order valence-corrected chi connectivity index (χ0v) is 16.8. The van der Waals surface area contributed by atoms with Crippen LogP contribution in [0.5, 0.6) is 0 Å². The van der Waals surface area contributed by atoms with Crippen LogP contribution in [-0.2, 0) is 10.6 Å². The molecule has 0 bridgehead atoms. The molecule has 1 heterocycles. The van der Waals surface area contributed by atoms with Gasteiger partial charge in [-0.3, -0.25) is 0 Å². The van der Waals surface area contributed by atoms with Gasteiger partial charge in [-0.15, -0.1) is 0 Å². The molecule has 130 valence electrons. The Labute approximate surface area is 167 Å². The van der Waals surface area contributed by atoms with Crippen LogP contribution in [0.15, 0.2) is 97.1 Å². The summed E-state index contributed by atoms with van der Waals surface area (Å²) in [7, 11) is 0. The summed E-state index contributed by atoms with van der Waals surface area (Å²) in [6, 6.07) is 35.5. The van der Waals surface area contributed by atoms with Gasteiger partial charge in [0.15, 0.2) is 0 Å². The van der Waals surface area contributed by atoms with Crippen LogP contribution in [0.1, 0.15) is 11.1 Å². The van der Waals surface area contributed by atoms with Gasteiger partial charge in [0.1, 0.15) is 0 Å². The standard InChI is InChI=1S/C26H20Se/c1-3-7-19(8-4-1)21-11-13-25-23(15-21)17-27-18-24-16-22(12-14-26(24)25)20-9-5-2-6-10-20/h1-16H,17-18H2. The minimum absolute atomic E-state index is 0.602. The third kappa shape index (κ3) is 3.25. The molecule has 0 amide bonds. The molecule has 0 nitrogen and oxygen atoms in total. The predicted octanol–water partition coefficient (Wildman–Crippen LogP) is 6.41. The van der Waals surface area contributed by atoms with Crippen molar-refractivity contribution in [3.63, 3.8) is 0 Å². The zero-order valence-electron chi connectivity index (χ0n) is 15.1. The van der Waals surface area contributed by atoms with Gasteiger partial charge in [0, 0.05) is 0 Å². The Balaban J connectivity index is 1.58.